The third-order valence-electron chi connectivity index (χ3n) is 8.04. The molecule has 2 aromatic carbocycles. The second-order valence-electron chi connectivity index (χ2n) is 11.3. The van der Waals surface area contributed by atoms with Crippen molar-refractivity contribution in [1.82, 2.24) is 5.32 Å². The van der Waals surface area contributed by atoms with Crippen LogP contribution in [0.4, 0.5) is 5.69 Å². The van der Waals surface area contributed by atoms with E-state index in [0.29, 0.717) is 35.6 Å². The molecule has 1 unspecified atom stereocenters. The number of hydrogen-bond donors (Lipinski definition) is 1. The molecule has 0 amide bonds. The number of nitrogens with one attached hydrogen (secondary N) is 1. The topological polar surface area (TPSA) is 135 Å². The third kappa shape index (κ3) is 9.15. The first-order valence-corrected chi connectivity index (χ1v) is 15.3. The molecular weight excluding hydrogens is 580 g/mol. The summed E-state index contributed by atoms with van der Waals surface area (Å²) in [5, 5.41) is 14.5. The molecular formula is C34H42N2O9. The Balaban J connectivity index is 1.31. The lowest BCUT2D eigenvalue weighted by molar-refractivity contribution is -0.384. The molecule has 1 saturated carbocycles. The molecule has 45 heavy (non-hydrogen) atoms. The zero-order valence-electron chi connectivity index (χ0n) is 26.3. The molecule has 0 radical (unpaired) electrons. The zero-order valence-corrected chi connectivity index (χ0v) is 26.3. The number of rotatable bonds is 14. The fourth-order valence-electron chi connectivity index (χ4n) is 5.76. The second-order valence-corrected chi connectivity index (χ2v) is 11.3. The number of carbonyl (C=O) groups excluding carboxylic acids is 2. The Morgan fingerprint density at radius 1 is 0.978 bits per heavy atom. The number of allylic oxidation sites excluding steroid dienone is 2. The maximum Gasteiger partial charge on any atom is 0.336 e. The van der Waals surface area contributed by atoms with Crippen molar-refractivity contribution >= 4 is 17.6 Å². The number of ether oxygens (including phenoxy) is 5. The molecule has 0 bridgehead atoms. The van der Waals surface area contributed by atoms with Crippen LogP contribution in [0.25, 0.3) is 0 Å². The molecule has 4 rings (SSSR count). The maximum atomic E-state index is 13.4. The molecule has 2 aliphatic rings. The fourth-order valence-corrected chi connectivity index (χ4v) is 5.76. The van der Waals surface area contributed by atoms with Crippen LogP contribution in [-0.4, -0.2) is 56.2 Å². The van der Waals surface area contributed by atoms with E-state index in [1.54, 1.807) is 19.9 Å². The van der Waals surface area contributed by atoms with Crippen LogP contribution in [0.1, 0.15) is 69.9 Å². The van der Waals surface area contributed by atoms with Gasteiger partial charge in [0.2, 0.25) is 0 Å². The quantitative estimate of drug-likeness (QED) is 0.0895. The van der Waals surface area contributed by atoms with Crippen LogP contribution in [0.5, 0.6) is 5.75 Å². The fraction of sp³-hybridized carbons (Fsp3) is 0.471. The first-order chi connectivity index (χ1) is 21.7. The van der Waals surface area contributed by atoms with Crippen molar-refractivity contribution in [2.75, 3.05) is 27.1 Å². The number of nitrogens with zero attached hydrogens (tertiary/aromatic N) is 1. The van der Waals surface area contributed by atoms with E-state index >= 15 is 0 Å². The number of non-ortho nitro benzene ring substituents is 1. The van der Waals surface area contributed by atoms with E-state index in [2.05, 4.69) is 5.32 Å². The van der Waals surface area contributed by atoms with Gasteiger partial charge in [0, 0.05) is 23.5 Å². The molecule has 0 saturated heterocycles. The van der Waals surface area contributed by atoms with Crippen LogP contribution >= 0.6 is 0 Å². The van der Waals surface area contributed by atoms with Crippen molar-refractivity contribution < 1.29 is 38.2 Å². The standard InChI is InChI=1S/C34H42N2O9/c1-22(44-21-45-28-11-6-5-7-12-28)19-25-13-15-29(16-14-25)42-17-18-43-34(38)31-24(3)35-23(2)30(33(37)41-4)32(31)26-9-8-10-27(20-26)36(39)40/h8-10,13-16,20,22,28,32,35H,5-7,11-12,17-19,21H2,1-4H3/t22?,32-/m0/s1. The molecule has 1 heterocycles. The molecule has 11 nitrogen and oxygen atoms in total. The van der Waals surface area contributed by atoms with E-state index in [4.69, 9.17) is 23.7 Å². The molecule has 11 heteroatoms. The van der Waals surface area contributed by atoms with Crippen LogP contribution < -0.4 is 10.1 Å². The molecule has 1 aliphatic heterocycles. The predicted octanol–water partition coefficient (Wildman–Crippen LogP) is 5.88. The summed E-state index contributed by atoms with van der Waals surface area (Å²) in [6.45, 7) is 5.75. The van der Waals surface area contributed by atoms with Crippen LogP contribution in [0.15, 0.2) is 71.1 Å². The summed E-state index contributed by atoms with van der Waals surface area (Å²) < 4.78 is 28.1. The van der Waals surface area contributed by atoms with Gasteiger partial charge < -0.3 is 29.0 Å². The molecule has 0 aromatic heterocycles. The van der Waals surface area contributed by atoms with Crippen molar-refractivity contribution in [2.45, 2.75) is 77.4 Å². The Hall–Kier alpha value is -4.22. The molecule has 1 aliphatic carbocycles. The van der Waals surface area contributed by atoms with Gasteiger partial charge in [-0.15, -0.1) is 0 Å². The Morgan fingerprint density at radius 3 is 2.33 bits per heavy atom. The lowest BCUT2D eigenvalue weighted by Gasteiger charge is -2.30. The summed E-state index contributed by atoms with van der Waals surface area (Å²) in [5.74, 6) is -1.63. The highest BCUT2D eigenvalue weighted by atomic mass is 16.7. The largest absolute Gasteiger partial charge is 0.490 e. The van der Waals surface area contributed by atoms with Crippen LogP contribution in [0.2, 0.25) is 0 Å². The molecule has 2 atom stereocenters. The Bertz CT molecular complexity index is 1410. The van der Waals surface area contributed by atoms with Gasteiger partial charge in [-0.05, 0) is 63.3 Å². The molecule has 242 valence electrons. The summed E-state index contributed by atoms with van der Waals surface area (Å²) in [6, 6.07) is 13.5. The second kappa shape index (κ2) is 16.2. The van der Waals surface area contributed by atoms with Crippen molar-refractivity contribution in [3.05, 3.63) is 92.3 Å². The van der Waals surface area contributed by atoms with E-state index in [1.165, 1.54) is 44.6 Å². The summed E-state index contributed by atoms with van der Waals surface area (Å²) in [4.78, 5) is 37.1. The number of methoxy groups -OCH3 is 1. The van der Waals surface area contributed by atoms with Crippen molar-refractivity contribution in [3.8, 4) is 5.75 Å². The Morgan fingerprint density at radius 2 is 1.67 bits per heavy atom. The Kier molecular flexibility index (Phi) is 12.1. The van der Waals surface area contributed by atoms with Gasteiger partial charge >= 0.3 is 11.9 Å². The summed E-state index contributed by atoms with van der Waals surface area (Å²) >= 11 is 0. The predicted molar refractivity (Wildman–Crippen MR) is 166 cm³/mol. The van der Waals surface area contributed by atoms with Gasteiger partial charge in [-0.2, -0.15) is 0 Å². The third-order valence-corrected chi connectivity index (χ3v) is 8.04. The van der Waals surface area contributed by atoms with Crippen molar-refractivity contribution in [3.63, 3.8) is 0 Å². The van der Waals surface area contributed by atoms with E-state index in [1.807, 2.05) is 31.2 Å². The van der Waals surface area contributed by atoms with Crippen molar-refractivity contribution in [1.29, 1.82) is 0 Å². The molecule has 1 fully saturated rings. The van der Waals surface area contributed by atoms with Gasteiger partial charge in [-0.25, -0.2) is 9.59 Å². The SMILES string of the molecule is COC(=O)C1=C(C)NC(C)=C(C(=O)OCCOc2ccc(CC(C)OCOC3CCCCC3)cc2)[C@H]1c1cccc([N+](=O)[O-])c1. The maximum absolute atomic E-state index is 13.4. The van der Waals surface area contributed by atoms with Crippen molar-refractivity contribution in [2.24, 2.45) is 0 Å². The van der Waals surface area contributed by atoms with Gasteiger partial charge in [0.15, 0.2) is 0 Å². The zero-order chi connectivity index (χ0) is 32.3. The highest BCUT2D eigenvalue weighted by Crippen LogP contribution is 2.40. The van der Waals surface area contributed by atoms with Gasteiger partial charge in [-0.3, -0.25) is 10.1 Å². The first-order valence-electron chi connectivity index (χ1n) is 15.3. The average Bonchev–Trinajstić information content (AvgIpc) is 3.03. The number of benzene rings is 2. The molecule has 0 spiro atoms. The summed E-state index contributed by atoms with van der Waals surface area (Å²) in [7, 11) is 1.24. The number of dihydropyridines is 1. The minimum Gasteiger partial charge on any atom is -0.490 e. The average molecular weight is 623 g/mol. The van der Waals surface area contributed by atoms with E-state index < -0.39 is 22.8 Å². The molecule has 1 N–H and O–H groups in total. The number of nitro benzene ring substituents is 1. The lowest BCUT2D eigenvalue weighted by Crippen LogP contribution is -2.32. The number of nitro groups is 1. The van der Waals surface area contributed by atoms with E-state index in [-0.39, 0.29) is 36.2 Å². The minimum atomic E-state index is -0.926. The van der Waals surface area contributed by atoms with E-state index in [9.17, 15) is 19.7 Å². The van der Waals surface area contributed by atoms with Gasteiger partial charge in [0.1, 0.15) is 25.8 Å². The number of carbonyl (C=O) groups is 2. The molecule has 2 aromatic rings. The number of esters is 2. The smallest absolute Gasteiger partial charge is 0.336 e. The van der Waals surface area contributed by atoms with Gasteiger partial charge in [0.25, 0.3) is 5.69 Å². The summed E-state index contributed by atoms with van der Waals surface area (Å²) in [5.41, 5.74) is 2.61. The monoisotopic (exact) mass is 622 g/mol. The van der Waals surface area contributed by atoms with Gasteiger partial charge in [0.05, 0.1) is 41.3 Å². The number of hydrogen-bond acceptors (Lipinski definition) is 10. The van der Waals surface area contributed by atoms with Crippen LogP contribution in [-0.2, 0) is 35.0 Å². The van der Waals surface area contributed by atoms with Crippen LogP contribution in [0, 0.1) is 10.1 Å². The highest BCUT2D eigenvalue weighted by Gasteiger charge is 2.38. The van der Waals surface area contributed by atoms with Gasteiger partial charge in [-0.1, -0.05) is 43.5 Å². The normalized spacial score (nSPS) is 17.8. The summed E-state index contributed by atoms with van der Waals surface area (Å²) in [6.07, 6.45) is 7.03. The Labute approximate surface area is 263 Å². The minimum absolute atomic E-state index is 0.0102. The highest BCUT2D eigenvalue weighted by molar-refractivity contribution is 5.99. The van der Waals surface area contributed by atoms with Crippen LogP contribution in [0.3, 0.4) is 0 Å². The lowest BCUT2D eigenvalue weighted by atomic mass is 9.80. The van der Waals surface area contributed by atoms with E-state index in [0.717, 1.165) is 24.8 Å². The first kappa shape index (κ1) is 33.7.